The van der Waals surface area contributed by atoms with Crippen LogP contribution < -0.4 is 10.6 Å². The summed E-state index contributed by atoms with van der Waals surface area (Å²) in [7, 11) is 0. The minimum Gasteiger partial charge on any atom is -0.357 e. The van der Waals surface area contributed by atoms with Crippen LogP contribution in [-0.2, 0) is 0 Å². The first-order valence-corrected chi connectivity index (χ1v) is 6.55. The molecule has 0 saturated heterocycles. The van der Waals surface area contributed by atoms with Gasteiger partial charge in [0.25, 0.3) is 0 Å². The van der Waals surface area contributed by atoms with E-state index in [0.717, 1.165) is 31.0 Å². The molecule has 3 nitrogen and oxygen atoms in total. The number of halogens is 2. The number of nitrogens with one attached hydrogen (secondary N) is 2. The number of aliphatic imine (C=N–C) groups is 1. The highest BCUT2D eigenvalue weighted by Crippen LogP contribution is 2.41. The number of guanidine groups is 1. The highest BCUT2D eigenvalue weighted by Gasteiger charge is 2.40. The lowest BCUT2D eigenvalue weighted by molar-refractivity contribution is 0.608. The fourth-order valence-corrected chi connectivity index (χ4v) is 2.13. The van der Waals surface area contributed by atoms with E-state index in [2.05, 4.69) is 15.6 Å². The van der Waals surface area contributed by atoms with Gasteiger partial charge in [-0.1, -0.05) is 18.2 Å². The van der Waals surface area contributed by atoms with Gasteiger partial charge >= 0.3 is 0 Å². The van der Waals surface area contributed by atoms with Gasteiger partial charge in [0.1, 0.15) is 5.82 Å². The van der Waals surface area contributed by atoms with Crippen LogP contribution in [0.4, 0.5) is 4.39 Å². The Morgan fingerprint density at radius 1 is 1.37 bits per heavy atom. The third kappa shape index (κ3) is 4.33. The van der Waals surface area contributed by atoms with E-state index >= 15 is 0 Å². The first-order chi connectivity index (χ1) is 8.76. The SMILES string of the molecule is CCN=C(NCC)NC1CC1c1ccccc1F.I. The maximum Gasteiger partial charge on any atom is 0.191 e. The molecule has 5 heteroatoms. The van der Waals surface area contributed by atoms with Crippen LogP contribution in [0.1, 0.15) is 31.7 Å². The second-order valence-corrected chi connectivity index (χ2v) is 4.47. The molecular weight excluding hydrogens is 356 g/mol. The van der Waals surface area contributed by atoms with Gasteiger partial charge in [-0.25, -0.2) is 4.39 Å². The summed E-state index contributed by atoms with van der Waals surface area (Å²) < 4.78 is 13.6. The third-order valence-electron chi connectivity index (χ3n) is 3.08. The van der Waals surface area contributed by atoms with E-state index in [1.54, 1.807) is 6.07 Å². The minimum atomic E-state index is -0.107. The van der Waals surface area contributed by atoms with Crippen LogP contribution >= 0.6 is 24.0 Å². The Balaban J connectivity index is 0.00000180. The molecule has 0 spiro atoms. The Bertz CT molecular complexity index is 436. The first kappa shape index (κ1) is 16.2. The molecule has 1 aliphatic rings. The molecule has 0 amide bonds. The number of nitrogens with zero attached hydrogens (tertiary/aromatic N) is 1. The number of hydrogen-bond acceptors (Lipinski definition) is 1. The summed E-state index contributed by atoms with van der Waals surface area (Å²) in [5, 5.41) is 6.53. The number of hydrogen-bond donors (Lipinski definition) is 2. The summed E-state index contributed by atoms with van der Waals surface area (Å²) in [4.78, 5) is 4.35. The predicted octanol–water partition coefficient (Wildman–Crippen LogP) is 2.87. The van der Waals surface area contributed by atoms with Gasteiger partial charge in [0.15, 0.2) is 5.96 Å². The lowest BCUT2D eigenvalue weighted by Crippen LogP contribution is -2.39. The van der Waals surface area contributed by atoms with Crippen LogP contribution in [0.3, 0.4) is 0 Å². The lowest BCUT2D eigenvalue weighted by atomic mass is 10.1. The summed E-state index contributed by atoms with van der Waals surface area (Å²) >= 11 is 0. The molecule has 2 N–H and O–H groups in total. The van der Waals surface area contributed by atoms with Crippen molar-refractivity contribution in [3.63, 3.8) is 0 Å². The van der Waals surface area contributed by atoms with Gasteiger partial charge in [0, 0.05) is 25.0 Å². The van der Waals surface area contributed by atoms with E-state index < -0.39 is 0 Å². The molecule has 1 aromatic carbocycles. The van der Waals surface area contributed by atoms with Crippen LogP contribution in [0.25, 0.3) is 0 Å². The topological polar surface area (TPSA) is 36.4 Å². The molecule has 1 aromatic rings. The fourth-order valence-electron chi connectivity index (χ4n) is 2.13. The van der Waals surface area contributed by atoms with Gasteiger partial charge in [-0.2, -0.15) is 0 Å². The van der Waals surface area contributed by atoms with Crippen molar-refractivity contribution in [2.45, 2.75) is 32.2 Å². The van der Waals surface area contributed by atoms with Crippen molar-refractivity contribution in [3.05, 3.63) is 35.6 Å². The van der Waals surface area contributed by atoms with E-state index in [1.165, 1.54) is 6.07 Å². The normalized spacial score (nSPS) is 21.5. The molecule has 19 heavy (non-hydrogen) atoms. The zero-order valence-electron chi connectivity index (χ0n) is 11.3. The molecule has 2 rings (SSSR count). The first-order valence-electron chi connectivity index (χ1n) is 6.55. The monoisotopic (exact) mass is 377 g/mol. The molecule has 1 aliphatic carbocycles. The Morgan fingerprint density at radius 3 is 2.74 bits per heavy atom. The van der Waals surface area contributed by atoms with E-state index in [1.807, 2.05) is 26.0 Å². The molecule has 0 radical (unpaired) electrons. The molecule has 0 aromatic heterocycles. The highest BCUT2D eigenvalue weighted by atomic mass is 127. The van der Waals surface area contributed by atoms with E-state index in [-0.39, 0.29) is 35.7 Å². The van der Waals surface area contributed by atoms with Gasteiger partial charge in [-0.05, 0) is 31.9 Å². The van der Waals surface area contributed by atoms with E-state index in [0.29, 0.717) is 6.04 Å². The van der Waals surface area contributed by atoms with Crippen molar-refractivity contribution in [1.82, 2.24) is 10.6 Å². The van der Waals surface area contributed by atoms with Gasteiger partial charge < -0.3 is 10.6 Å². The highest BCUT2D eigenvalue weighted by molar-refractivity contribution is 14.0. The second kappa shape index (κ2) is 7.67. The zero-order chi connectivity index (χ0) is 13.0. The maximum atomic E-state index is 13.6. The Labute approximate surface area is 131 Å². The van der Waals surface area contributed by atoms with Crippen molar-refractivity contribution >= 4 is 29.9 Å². The van der Waals surface area contributed by atoms with Crippen LogP contribution in [0, 0.1) is 5.82 Å². The molecule has 1 fully saturated rings. The van der Waals surface area contributed by atoms with E-state index in [4.69, 9.17) is 0 Å². The Hall–Kier alpha value is -0.850. The van der Waals surface area contributed by atoms with Gasteiger partial charge in [-0.15, -0.1) is 24.0 Å². The van der Waals surface area contributed by atoms with Gasteiger partial charge in [0.2, 0.25) is 0 Å². The number of rotatable bonds is 4. The van der Waals surface area contributed by atoms with Crippen molar-refractivity contribution < 1.29 is 4.39 Å². The molecule has 0 heterocycles. The summed E-state index contributed by atoms with van der Waals surface area (Å²) in [5.74, 6) is 0.986. The molecule has 106 valence electrons. The van der Waals surface area contributed by atoms with E-state index in [9.17, 15) is 4.39 Å². The van der Waals surface area contributed by atoms with Crippen molar-refractivity contribution in [2.75, 3.05) is 13.1 Å². The Morgan fingerprint density at radius 2 is 2.11 bits per heavy atom. The second-order valence-electron chi connectivity index (χ2n) is 4.47. The molecule has 2 unspecified atom stereocenters. The summed E-state index contributed by atoms with van der Waals surface area (Å²) in [6, 6.07) is 7.30. The van der Waals surface area contributed by atoms with Gasteiger partial charge in [-0.3, -0.25) is 4.99 Å². The summed E-state index contributed by atoms with van der Waals surface area (Å²) in [6.07, 6.45) is 0.967. The minimum absolute atomic E-state index is 0. The van der Waals surface area contributed by atoms with Crippen molar-refractivity contribution in [1.29, 1.82) is 0 Å². The van der Waals surface area contributed by atoms with Crippen molar-refractivity contribution in [2.24, 2.45) is 4.99 Å². The third-order valence-corrected chi connectivity index (χ3v) is 3.08. The van der Waals surface area contributed by atoms with Crippen LogP contribution in [0.15, 0.2) is 29.3 Å². The Kier molecular flexibility index (Phi) is 6.54. The number of benzene rings is 1. The molecule has 0 bridgehead atoms. The lowest BCUT2D eigenvalue weighted by Gasteiger charge is -2.10. The average Bonchev–Trinajstić information content (AvgIpc) is 3.09. The van der Waals surface area contributed by atoms with Crippen molar-refractivity contribution in [3.8, 4) is 0 Å². The molecular formula is C14H21FIN3. The smallest absolute Gasteiger partial charge is 0.191 e. The van der Waals surface area contributed by atoms with Crippen LogP contribution in [-0.4, -0.2) is 25.1 Å². The zero-order valence-corrected chi connectivity index (χ0v) is 13.6. The van der Waals surface area contributed by atoms with Gasteiger partial charge in [0.05, 0.1) is 0 Å². The standard InChI is InChI=1S/C14H20FN3.HI/c1-3-16-14(17-4-2)18-13-9-11(13)10-7-5-6-8-12(10)15;/h5-8,11,13H,3-4,9H2,1-2H3,(H2,16,17,18);1H. The van der Waals surface area contributed by atoms with Crippen LogP contribution in [0.5, 0.6) is 0 Å². The molecule has 0 aliphatic heterocycles. The summed E-state index contributed by atoms with van der Waals surface area (Å²) in [6.45, 7) is 5.61. The summed E-state index contributed by atoms with van der Waals surface area (Å²) in [5.41, 5.74) is 0.808. The fraction of sp³-hybridized carbons (Fsp3) is 0.500. The molecule has 2 atom stereocenters. The van der Waals surface area contributed by atoms with Crippen LogP contribution in [0.2, 0.25) is 0 Å². The largest absolute Gasteiger partial charge is 0.357 e. The molecule has 1 saturated carbocycles. The quantitative estimate of drug-likeness (QED) is 0.481. The average molecular weight is 377 g/mol. The predicted molar refractivity (Wildman–Crippen MR) is 87.7 cm³/mol. The maximum absolute atomic E-state index is 13.6.